The number of carbonyl (C=O) groups is 5. The zero-order chi connectivity index (χ0) is 35.4. The molecule has 0 radical (unpaired) electrons. The van der Waals surface area contributed by atoms with Crippen LogP contribution in [0.25, 0.3) is 10.9 Å². The monoisotopic (exact) mass is 676 g/mol. The first-order valence-corrected chi connectivity index (χ1v) is 14.7. The number of aromatic amines is 1. The second kappa shape index (κ2) is 17.6. The van der Waals surface area contributed by atoms with Gasteiger partial charge in [0.2, 0.25) is 23.6 Å². The van der Waals surface area contributed by atoms with E-state index in [1.54, 1.807) is 12.3 Å². The van der Waals surface area contributed by atoms with Crippen LogP contribution in [0.4, 0.5) is 0 Å². The van der Waals surface area contributed by atoms with Crippen LogP contribution in [0, 0.1) is 5.41 Å². The third-order valence-corrected chi connectivity index (χ3v) is 7.17. The van der Waals surface area contributed by atoms with Crippen LogP contribution in [0.3, 0.4) is 0 Å². The van der Waals surface area contributed by atoms with E-state index < -0.39 is 85.4 Å². The highest BCUT2D eigenvalue weighted by Gasteiger charge is 2.43. The number of ether oxygens (including phenoxy) is 1. The first kappa shape index (κ1) is 37.2. The Bertz CT molecular complexity index is 1500. The molecule has 5 amide bonds. The second-order valence-corrected chi connectivity index (χ2v) is 10.8. The Morgan fingerprint density at radius 1 is 1.00 bits per heavy atom. The number of benzene rings is 1. The average molecular weight is 677 g/mol. The summed E-state index contributed by atoms with van der Waals surface area (Å²) in [6, 6.07) is 4.94. The number of guanidine groups is 1. The molecular formula is C28H40N10O10. The number of nitrogens with two attached hydrogens (primary N) is 2. The van der Waals surface area contributed by atoms with Gasteiger partial charge in [0, 0.05) is 30.1 Å². The largest absolute Gasteiger partial charge is 0.388 e. The molecule has 1 aromatic carbocycles. The highest BCUT2D eigenvalue weighted by molar-refractivity contribution is 6.26. The molecule has 0 aliphatic carbocycles. The van der Waals surface area contributed by atoms with Gasteiger partial charge in [0.1, 0.15) is 36.6 Å². The number of H-pyrrole nitrogens is 1. The number of aromatic nitrogens is 1. The predicted molar refractivity (Wildman–Crippen MR) is 168 cm³/mol. The Labute approximate surface area is 273 Å². The summed E-state index contributed by atoms with van der Waals surface area (Å²) < 4.78 is 5.19. The molecule has 20 nitrogen and oxygen atoms in total. The van der Waals surface area contributed by atoms with Gasteiger partial charge in [-0.1, -0.05) is 23.4 Å². The summed E-state index contributed by atoms with van der Waals surface area (Å²) >= 11 is 0. The number of aliphatic hydroxyl groups is 3. The third-order valence-electron chi connectivity index (χ3n) is 7.17. The molecule has 48 heavy (non-hydrogen) atoms. The van der Waals surface area contributed by atoms with Crippen molar-refractivity contribution < 1.29 is 48.9 Å². The number of hydrogen-bond acceptors (Lipinski definition) is 12. The Hall–Kier alpha value is -5.31. The fraction of sp³-hybridized carbons (Fsp3) is 0.464. The maximum absolute atomic E-state index is 13.2. The van der Waals surface area contributed by atoms with Crippen molar-refractivity contribution in [1.29, 1.82) is 5.41 Å². The Kier molecular flexibility index (Phi) is 13.6. The fourth-order valence-electron chi connectivity index (χ4n) is 4.60. The van der Waals surface area contributed by atoms with E-state index in [1.807, 2.05) is 18.2 Å². The number of oxime groups is 1. The van der Waals surface area contributed by atoms with Crippen molar-refractivity contribution in [2.75, 3.05) is 19.6 Å². The lowest BCUT2D eigenvalue weighted by Gasteiger charge is -2.37. The minimum absolute atomic E-state index is 0.00420. The van der Waals surface area contributed by atoms with E-state index in [9.17, 15) is 39.3 Å². The summed E-state index contributed by atoms with van der Waals surface area (Å²) in [4.78, 5) is 70.4. The second-order valence-electron chi connectivity index (χ2n) is 10.8. The lowest BCUT2D eigenvalue weighted by Crippen LogP contribution is -2.57. The van der Waals surface area contributed by atoms with Gasteiger partial charge in [0.05, 0.1) is 19.2 Å². The van der Waals surface area contributed by atoms with E-state index >= 15 is 0 Å². The lowest BCUT2D eigenvalue weighted by atomic mass is 10.0. The molecule has 0 spiro atoms. The highest BCUT2D eigenvalue weighted by atomic mass is 16.8. The molecule has 0 saturated carbocycles. The lowest BCUT2D eigenvalue weighted by molar-refractivity contribution is -0.293. The van der Waals surface area contributed by atoms with Crippen LogP contribution >= 0.6 is 0 Å². The Morgan fingerprint density at radius 2 is 1.67 bits per heavy atom. The number of aliphatic hydroxyl groups excluding tert-OH is 3. The topological polar surface area (TPSA) is 329 Å². The molecule has 20 heteroatoms. The molecule has 1 fully saturated rings. The van der Waals surface area contributed by atoms with E-state index in [0.717, 1.165) is 10.9 Å². The summed E-state index contributed by atoms with van der Waals surface area (Å²) in [5.74, 6) is -4.31. The zero-order valence-corrected chi connectivity index (χ0v) is 25.8. The van der Waals surface area contributed by atoms with Crippen LogP contribution in [0.15, 0.2) is 35.6 Å². The quantitative estimate of drug-likeness (QED) is 0.0452. The van der Waals surface area contributed by atoms with Gasteiger partial charge in [-0.15, -0.1) is 0 Å². The number of para-hydroxylation sites is 1. The van der Waals surface area contributed by atoms with Crippen LogP contribution in [0.1, 0.15) is 18.9 Å². The minimum Gasteiger partial charge on any atom is -0.388 e. The van der Waals surface area contributed by atoms with E-state index in [-0.39, 0.29) is 25.3 Å². The van der Waals surface area contributed by atoms with E-state index in [2.05, 4.69) is 36.7 Å². The number of carbonyl (C=O) groups excluding carboxylic acids is 5. The van der Waals surface area contributed by atoms with Gasteiger partial charge < -0.3 is 67.9 Å². The maximum Gasteiger partial charge on any atom is 0.266 e. The Balaban J connectivity index is 1.57. The van der Waals surface area contributed by atoms with Crippen LogP contribution in [-0.2, 0) is 40.0 Å². The van der Waals surface area contributed by atoms with Crippen molar-refractivity contribution in [3.8, 4) is 0 Å². The molecule has 1 aliphatic heterocycles. The SMILES string of the molecule is CC1O[C@@H](O/N=C/C(=O)NCC(=O)N[C@@H](Cc2c[nH]c3ccccc23)C(=O)NCC(=O)N[C@@H](CCNC(=N)N)C(N)=O)[C@@H](O)C(O)[C@H]1O. The molecule has 2 heterocycles. The summed E-state index contributed by atoms with van der Waals surface area (Å²) in [6.45, 7) is 0.354. The number of primary amides is 1. The van der Waals surface area contributed by atoms with E-state index in [1.165, 1.54) is 6.92 Å². The van der Waals surface area contributed by atoms with Crippen LogP contribution < -0.4 is 38.1 Å². The molecule has 7 atom stereocenters. The highest BCUT2D eigenvalue weighted by Crippen LogP contribution is 2.22. The number of fused-ring (bicyclic) bond motifs is 1. The van der Waals surface area contributed by atoms with Gasteiger partial charge in [-0.2, -0.15) is 0 Å². The molecule has 1 saturated heterocycles. The van der Waals surface area contributed by atoms with Gasteiger partial charge in [-0.05, 0) is 25.0 Å². The number of rotatable bonds is 16. The van der Waals surface area contributed by atoms with Gasteiger partial charge in [0.15, 0.2) is 5.96 Å². The first-order chi connectivity index (χ1) is 22.8. The van der Waals surface area contributed by atoms with Crippen molar-refractivity contribution in [2.24, 2.45) is 16.6 Å². The van der Waals surface area contributed by atoms with Crippen LogP contribution in [-0.4, -0.2) is 124 Å². The van der Waals surface area contributed by atoms with Crippen molar-refractivity contribution in [3.63, 3.8) is 0 Å². The van der Waals surface area contributed by atoms with Crippen molar-refractivity contribution in [2.45, 2.75) is 62.6 Å². The third kappa shape index (κ3) is 10.9. The molecule has 0 bridgehead atoms. The first-order valence-electron chi connectivity index (χ1n) is 14.7. The van der Waals surface area contributed by atoms with Gasteiger partial charge in [-0.25, -0.2) is 0 Å². The molecule has 14 N–H and O–H groups in total. The van der Waals surface area contributed by atoms with Crippen molar-refractivity contribution in [3.05, 3.63) is 36.0 Å². The summed E-state index contributed by atoms with van der Waals surface area (Å²) in [5, 5.41) is 52.9. The van der Waals surface area contributed by atoms with Crippen molar-refractivity contribution >= 4 is 52.6 Å². The van der Waals surface area contributed by atoms with Crippen LogP contribution in [0.2, 0.25) is 0 Å². The molecule has 3 rings (SSSR count). The molecular weight excluding hydrogens is 636 g/mol. The smallest absolute Gasteiger partial charge is 0.266 e. The number of nitrogens with one attached hydrogen (secondary N) is 7. The standard InChI is InChI=1S/C28H40N10O10/c1-13-22(42)23(43)24(44)27(47-13)48-36-12-19(39)34-10-20(40)38-18(8-14-9-33-16-5-3-2-4-15(14)16)26(46)35-11-21(41)37-17(25(29)45)6-7-32-28(30)31/h2-5,9,12-13,17-18,22-24,27,33,42-44H,6-8,10-11H2,1H3,(H2,29,45)(H,34,39)(H,35,46)(H,37,41)(H,38,40)(H4,30,31,32)/b36-12+/t13?,17-,18-,22-,23?,24-,27-/m0/s1. The number of nitrogens with zero attached hydrogens (tertiary/aromatic N) is 1. The Morgan fingerprint density at radius 3 is 2.35 bits per heavy atom. The normalized spacial score (nSPS) is 21.9. The number of hydrogen-bond donors (Lipinski definition) is 12. The number of amides is 5. The molecule has 2 unspecified atom stereocenters. The molecule has 1 aliphatic rings. The van der Waals surface area contributed by atoms with Gasteiger partial charge >= 0.3 is 0 Å². The van der Waals surface area contributed by atoms with Gasteiger partial charge in [-0.3, -0.25) is 29.4 Å². The molecule has 2 aromatic rings. The van der Waals surface area contributed by atoms with E-state index in [0.29, 0.717) is 11.8 Å². The van der Waals surface area contributed by atoms with Crippen molar-refractivity contribution in [1.82, 2.24) is 31.6 Å². The molecule has 1 aromatic heterocycles. The summed E-state index contributed by atoms with van der Waals surface area (Å²) in [7, 11) is 0. The molecule has 262 valence electrons. The predicted octanol–water partition coefficient (Wildman–Crippen LogP) is -4.90. The van der Waals surface area contributed by atoms with Crippen LogP contribution in [0.5, 0.6) is 0 Å². The average Bonchev–Trinajstić information content (AvgIpc) is 3.45. The zero-order valence-electron chi connectivity index (χ0n) is 25.8. The minimum atomic E-state index is -1.65. The van der Waals surface area contributed by atoms with E-state index in [4.69, 9.17) is 26.5 Å². The maximum atomic E-state index is 13.2. The fourth-order valence-corrected chi connectivity index (χ4v) is 4.60. The van der Waals surface area contributed by atoms with Gasteiger partial charge in [0.25, 0.3) is 12.2 Å². The summed E-state index contributed by atoms with van der Waals surface area (Å²) in [5.41, 5.74) is 12.0. The summed E-state index contributed by atoms with van der Waals surface area (Å²) in [6.07, 6.45) is -4.59.